The molecule has 0 bridgehead atoms. The predicted octanol–water partition coefficient (Wildman–Crippen LogP) is 5.29. The van der Waals surface area contributed by atoms with E-state index in [0.29, 0.717) is 6.61 Å². The van der Waals surface area contributed by atoms with Gasteiger partial charge in [0.1, 0.15) is 18.1 Å². The fourth-order valence-electron chi connectivity index (χ4n) is 2.09. The van der Waals surface area contributed by atoms with Crippen LogP contribution in [-0.2, 0) is 18.1 Å². The molecule has 0 fully saturated rings. The lowest BCUT2D eigenvalue weighted by molar-refractivity contribution is 0.306. The zero-order chi connectivity index (χ0) is 15.0. The molecule has 3 rings (SSSR count). The molecule has 0 radical (unpaired) electrons. The van der Waals surface area contributed by atoms with Gasteiger partial charge in [-0.1, -0.05) is 42.5 Å². The molecular weight excluding hydrogens is 292 g/mol. The minimum Gasteiger partial charge on any atom is -0.489 e. The Balaban J connectivity index is 1.45. The summed E-state index contributed by atoms with van der Waals surface area (Å²) in [6.45, 7) is 0.605. The van der Waals surface area contributed by atoms with Gasteiger partial charge in [-0.3, -0.25) is 0 Å². The fraction of sp³-hybridized carbons (Fsp3) is 0.158. The Kier molecular flexibility index (Phi) is 5.22. The molecule has 0 atom stereocenters. The average Bonchev–Trinajstić information content (AvgIpc) is 3.08. The van der Waals surface area contributed by atoms with E-state index in [4.69, 9.17) is 9.15 Å². The molecule has 0 aliphatic rings. The van der Waals surface area contributed by atoms with Crippen LogP contribution in [0.1, 0.15) is 16.9 Å². The lowest BCUT2D eigenvalue weighted by Gasteiger charge is -2.07. The monoisotopic (exact) mass is 310 g/mol. The molecule has 0 aliphatic heterocycles. The van der Waals surface area contributed by atoms with Crippen LogP contribution in [0.4, 0.5) is 0 Å². The van der Waals surface area contributed by atoms with E-state index < -0.39 is 0 Å². The van der Waals surface area contributed by atoms with E-state index in [1.54, 1.807) is 6.26 Å². The number of rotatable bonds is 7. The molecule has 0 spiro atoms. The highest BCUT2D eigenvalue weighted by Crippen LogP contribution is 2.20. The molecule has 0 unspecified atom stereocenters. The van der Waals surface area contributed by atoms with Crippen LogP contribution in [0.25, 0.3) is 0 Å². The van der Waals surface area contributed by atoms with Crippen LogP contribution in [0, 0.1) is 0 Å². The van der Waals surface area contributed by atoms with Crippen LogP contribution in [0.3, 0.4) is 0 Å². The van der Waals surface area contributed by atoms with Gasteiger partial charge in [0.2, 0.25) is 0 Å². The highest BCUT2D eigenvalue weighted by molar-refractivity contribution is 7.97. The maximum Gasteiger partial charge on any atom is 0.119 e. The number of ether oxygens (including phenoxy) is 1. The van der Waals surface area contributed by atoms with Crippen molar-refractivity contribution >= 4 is 11.8 Å². The number of furan rings is 1. The molecule has 0 amide bonds. The number of benzene rings is 2. The Hall–Kier alpha value is -2.13. The van der Waals surface area contributed by atoms with Gasteiger partial charge >= 0.3 is 0 Å². The van der Waals surface area contributed by atoms with Gasteiger partial charge in [-0.2, -0.15) is 0 Å². The highest BCUT2D eigenvalue weighted by atomic mass is 32.2. The van der Waals surface area contributed by atoms with Crippen molar-refractivity contribution in [1.29, 1.82) is 0 Å². The topological polar surface area (TPSA) is 22.4 Å². The second kappa shape index (κ2) is 7.76. The van der Waals surface area contributed by atoms with Gasteiger partial charge in [0.05, 0.1) is 12.0 Å². The Morgan fingerprint density at radius 2 is 1.59 bits per heavy atom. The van der Waals surface area contributed by atoms with Crippen LogP contribution in [0.15, 0.2) is 77.4 Å². The van der Waals surface area contributed by atoms with Crippen LogP contribution < -0.4 is 4.74 Å². The Labute approximate surface area is 135 Å². The first-order valence-corrected chi connectivity index (χ1v) is 8.41. The molecule has 3 aromatic rings. The van der Waals surface area contributed by atoms with Gasteiger partial charge in [0.25, 0.3) is 0 Å². The Bertz CT molecular complexity index is 660. The zero-order valence-electron chi connectivity index (χ0n) is 12.3. The molecule has 0 N–H and O–H groups in total. The van der Waals surface area contributed by atoms with E-state index in [-0.39, 0.29) is 0 Å². The highest BCUT2D eigenvalue weighted by Gasteiger charge is 1.99. The lowest BCUT2D eigenvalue weighted by atomic mass is 10.2. The number of hydrogen-bond donors (Lipinski definition) is 0. The van der Waals surface area contributed by atoms with Crippen molar-refractivity contribution < 1.29 is 9.15 Å². The zero-order valence-corrected chi connectivity index (χ0v) is 13.1. The van der Waals surface area contributed by atoms with Crippen molar-refractivity contribution in [3.8, 4) is 5.75 Å². The van der Waals surface area contributed by atoms with E-state index in [1.165, 1.54) is 11.1 Å². The first-order chi connectivity index (χ1) is 10.9. The summed E-state index contributed by atoms with van der Waals surface area (Å²) in [5, 5.41) is 0. The summed E-state index contributed by atoms with van der Waals surface area (Å²) >= 11 is 1.85. The minimum absolute atomic E-state index is 0.605. The van der Waals surface area contributed by atoms with Crippen molar-refractivity contribution in [3.63, 3.8) is 0 Å². The third kappa shape index (κ3) is 4.43. The van der Waals surface area contributed by atoms with Gasteiger partial charge in [-0.05, 0) is 35.4 Å². The number of thioether (sulfide) groups is 1. The standard InChI is InChI=1S/C19H18O2S/c1-2-5-16(6-3-1)13-21-18-10-8-17(9-11-18)14-22-15-19-7-4-12-20-19/h1-12H,13-15H2. The van der Waals surface area contributed by atoms with Crippen molar-refractivity contribution in [2.45, 2.75) is 18.1 Å². The SMILES string of the molecule is c1ccc(COc2ccc(CSCc3ccco3)cc2)cc1. The summed E-state index contributed by atoms with van der Waals surface area (Å²) in [5.74, 6) is 3.80. The van der Waals surface area contributed by atoms with E-state index in [1.807, 2.05) is 54.2 Å². The molecule has 0 aliphatic carbocycles. The van der Waals surface area contributed by atoms with Gasteiger partial charge in [0, 0.05) is 5.75 Å². The van der Waals surface area contributed by atoms with Crippen molar-refractivity contribution in [3.05, 3.63) is 89.9 Å². The van der Waals surface area contributed by atoms with E-state index in [0.717, 1.165) is 23.0 Å². The van der Waals surface area contributed by atoms with Crippen molar-refractivity contribution in [1.82, 2.24) is 0 Å². The molecule has 22 heavy (non-hydrogen) atoms. The third-order valence-corrected chi connectivity index (χ3v) is 4.29. The largest absolute Gasteiger partial charge is 0.489 e. The van der Waals surface area contributed by atoms with Crippen LogP contribution in [0.2, 0.25) is 0 Å². The maximum atomic E-state index is 5.79. The van der Waals surface area contributed by atoms with Crippen molar-refractivity contribution in [2.24, 2.45) is 0 Å². The summed E-state index contributed by atoms with van der Waals surface area (Å²) in [6.07, 6.45) is 1.72. The summed E-state index contributed by atoms with van der Waals surface area (Å²) in [7, 11) is 0. The molecule has 0 saturated heterocycles. The summed E-state index contributed by atoms with van der Waals surface area (Å²) in [4.78, 5) is 0. The normalized spacial score (nSPS) is 10.5. The van der Waals surface area contributed by atoms with Crippen LogP contribution in [-0.4, -0.2) is 0 Å². The van der Waals surface area contributed by atoms with Gasteiger partial charge in [-0.15, -0.1) is 11.8 Å². The Morgan fingerprint density at radius 3 is 2.32 bits per heavy atom. The van der Waals surface area contributed by atoms with Crippen LogP contribution in [0.5, 0.6) is 5.75 Å². The second-order valence-corrected chi connectivity index (χ2v) is 5.98. The smallest absolute Gasteiger partial charge is 0.119 e. The van der Waals surface area contributed by atoms with E-state index in [9.17, 15) is 0 Å². The molecule has 0 saturated carbocycles. The predicted molar refractivity (Wildman–Crippen MR) is 90.9 cm³/mol. The average molecular weight is 310 g/mol. The summed E-state index contributed by atoms with van der Waals surface area (Å²) in [6, 6.07) is 22.4. The molecule has 1 heterocycles. The first-order valence-electron chi connectivity index (χ1n) is 7.26. The summed E-state index contributed by atoms with van der Waals surface area (Å²) < 4.78 is 11.1. The first kappa shape index (κ1) is 14.8. The third-order valence-electron chi connectivity index (χ3n) is 3.26. The number of hydrogen-bond acceptors (Lipinski definition) is 3. The van der Waals surface area contributed by atoms with Gasteiger partial charge in [0.15, 0.2) is 0 Å². The minimum atomic E-state index is 0.605. The quantitative estimate of drug-likeness (QED) is 0.592. The molecule has 2 aromatic carbocycles. The van der Waals surface area contributed by atoms with E-state index in [2.05, 4.69) is 24.3 Å². The van der Waals surface area contributed by atoms with Crippen LogP contribution >= 0.6 is 11.8 Å². The molecule has 1 aromatic heterocycles. The van der Waals surface area contributed by atoms with E-state index >= 15 is 0 Å². The molecule has 3 heteroatoms. The van der Waals surface area contributed by atoms with Crippen molar-refractivity contribution in [2.75, 3.05) is 0 Å². The molecule has 112 valence electrons. The second-order valence-electron chi connectivity index (χ2n) is 4.99. The van der Waals surface area contributed by atoms with Gasteiger partial charge in [-0.25, -0.2) is 0 Å². The fourth-order valence-corrected chi connectivity index (χ4v) is 2.98. The molecule has 2 nitrogen and oxygen atoms in total. The Morgan fingerprint density at radius 1 is 0.773 bits per heavy atom. The van der Waals surface area contributed by atoms with Gasteiger partial charge < -0.3 is 9.15 Å². The lowest BCUT2D eigenvalue weighted by Crippen LogP contribution is -1.94. The summed E-state index contributed by atoms with van der Waals surface area (Å²) in [5.41, 5.74) is 2.48. The molecular formula is C19H18O2S. The maximum absolute atomic E-state index is 5.79.